The fourth-order valence-electron chi connectivity index (χ4n) is 11.3. The summed E-state index contributed by atoms with van der Waals surface area (Å²) in [5.74, 6) is 4.46. The van der Waals surface area contributed by atoms with E-state index < -0.39 is 0 Å². The second-order valence-electron chi connectivity index (χ2n) is 19.3. The Kier molecular flexibility index (Phi) is 11.9. The number of fused-ring (bicyclic) bond motifs is 6. The van der Waals surface area contributed by atoms with Gasteiger partial charge in [-0.25, -0.2) is 0 Å². The smallest absolute Gasteiger partial charge is 0.284 e. The lowest BCUT2D eigenvalue weighted by molar-refractivity contribution is 0.259. The van der Waals surface area contributed by atoms with Crippen molar-refractivity contribution in [1.29, 1.82) is 0 Å². The average Bonchev–Trinajstić information content (AvgIpc) is 4.25. The molecule has 9 aromatic heterocycles. The minimum atomic E-state index is 0.453. The minimum Gasteiger partial charge on any atom is -0.465 e. The number of aromatic nitrogens is 5. The molecule has 0 saturated carbocycles. The van der Waals surface area contributed by atoms with Gasteiger partial charge in [-0.2, -0.15) is 0 Å². The molecule has 0 fully saturated rings. The lowest BCUT2D eigenvalue weighted by Gasteiger charge is -2.19. The Hall–Kier alpha value is -8.52. The Bertz CT molecular complexity index is 3900. The van der Waals surface area contributed by atoms with Crippen LogP contribution in [0.15, 0.2) is 120 Å². The first kappa shape index (κ1) is 47.5. The van der Waals surface area contributed by atoms with Gasteiger partial charge in [-0.05, 0) is 141 Å². The molecule has 14 heteroatoms. The summed E-state index contributed by atoms with van der Waals surface area (Å²) in [5, 5.41) is 2.14. The van der Waals surface area contributed by atoms with Crippen molar-refractivity contribution in [2.75, 3.05) is 26.4 Å². The fourth-order valence-corrected chi connectivity index (χ4v) is 11.3. The zero-order valence-electron chi connectivity index (χ0n) is 44.1. The number of pyridine rings is 1. The maximum absolute atomic E-state index is 6.32. The number of hydrogen-bond donors (Lipinski definition) is 0. The summed E-state index contributed by atoms with van der Waals surface area (Å²) in [6.45, 7) is 23.2. The van der Waals surface area contributed by atoms with Gasteiger partial charge in [-0.15, -0.1) is 0 Å². The van der Waals surface area contributed by atoms with Gasteiger partial charge in [0.2, 0.25) is 0 Å². The Labute approximate surface area is 434 Å². The maximum Gasteiger partial charge on any atom is 0.284 e. The van der Waals surface area contributed by atoms with Gasteiger partial charge >= 0.3 is 0 Å². The molecule has 2 aromatic carbocycles. The molecule has 14 nitrogen and oxygen atoms in total. The zero-order valence-corrected chi connectivity index (χ0v) is 44.1. The van der Waals surface area contributed by atoms with E-state index in [0.29, 0.717) is 79.9 Å². The highest BCUT2D eigenvalue weighted by Crippen LogP contribution is 2.48. The maximum atomic E-state index is 6.32. The predicted octanol–water partition coefficient (Wildman–Crippen LogP) is 15.4. The Balaban J connectivity index is 1.07. The molecule has 75 heavy (non-hydrogen) atoms. The molecule has 10 heterocycles. The second kappa shape index (κ2) is 18.8. The van der Waals surface area contributed by atoms with Crippen LogP contribution in [0.2, 0.25) is 0 Å². The Morgan fingerprint density at radius 3 is 1.35 bits per heavy atom. The molecule has 1 aliphatic rings. The standard InChI is InChI=1S/C61H60N6O8/c1-11-68-50-23-19-46(72-50)40-29-64(30-41(40)47-20-24-51(73-47)69-12-2)58-34(5)27-36(7)60-54(58)56-44(17-15-38(9)62-56)66(60)33-67-45-18-16-39(10)63-57(45)55-59(35(6)28-37(8)61(55)67)65-31-42(48-21-25-52(74-48)70-13-3)43(32-65)49-22-26-53(75-49)71-14-4/h15,17,19-32H,11-14,16,18,33H2,1-10H3. The average molecular weight is 1010 g/mol. The van der Waals surface area contributed by atoms with E-state index >= 15 is 0 Å². The molecule has 0 aliphatic carbocycles. The van der Waals surface area contributed by atoms with Crippen LogP contribution >= 0.6 is 0 Å². The lowest BCUT2D eigenvalue weighted by atomic mass is 10.0. The van der Waals surface area contributed by atoms with Crippen LogP contribution in [0.4, 0.5) is 5.69 Å². The van der Waals surface area contributed by atoms with Gasteiger partial charge in [0, 0.05) is 88.4 Å². The van der Waals surface area contributed by atoms with Gasteiger partial charge in [0.05, 0.1) is 83.0 Å². The molecule has 0 N–H and O–H groups in total. The predicted molar refractivity (Wildman–Crippen MR) is 293 cm³/mol. The van der Waals surface area contributed by atoms with Crippen molar-refractivity contribution < 1.29 is 36.6 Å². The van der Waals surface area contributed by atoms with Crippen molar-refractivity contribution in [3.8, 4) is 80.5 Å². The van der Waals surface area contributed by atoms with Crippen LogP contribution in [0.5, 0.6) is 23.8 Å². The molecular formula is C61H60N6O8. The lowest BCUT2D eigenvalue weighted by Crippen LogP contribution is -2.14. The molecule has 382 valence electrons. The van der Waals surface area contributed by atoms with E-state index in [1.807, 2.05) is 76.2 Å². The molecule has 12 rings (SSSR count). The highest BCUT2D eigenvalue weighted by Gasteiger charge is 2.30. The van der Waals surface area contributed by atoms with E-state index in [4.69, 9.17) is 46.6 Å². The summed E-state index contributed by atoms with van der Waals surface area (Å²) >= 11 is 0. The molecule has 0 saturated heterocycles. The van der Waals surface area contributed by atoms with E-state index in [2.05, 4.69) is 109 Å². The number of ether oxygens (including phenoxy) is 4. The van der Waals surface area contributed by atoms with E-state index in [1.165, 1.54) is 5.69 Å². The fraction of sp³-hybridized carbons (Fsp3) is 0.279. The molecule has 0 bridgehead atoms. The number of rotatable bonds is 16. The van der Waals surface area contributed by atoms with Crippen LogP contribution in [0, 0.1) is 34.6 Å². The van der Waals surface area contributed by atoms with Crippen LogP contribution < -0.4 is 18.9 Å². The number of benzene rings is 2. The molecule has 0 radical (unpaired) electrons. The summed E-state index contributed by atoms with van der Waals surface area (Å²) in [6.07, 6.45) is 10.2. The largest absolute Gasteiger partial charge is 0.465 e. The van der Waals surface area contributed by atoms with Crippen molar-refractivity contribution in [3.63, 3.8) is 0 Å². The normalized spacial score (nSPS) is 12.6. The van der Waals surface area contributed by atoms with Gasteiger partial charge < -0.3 is 54.9 Å². The van der Waals surface area contributed by atoms with Crippen molar-refractivity contribution >= 4 is 44.2 Å². The molecule has 0 spiro atoms. The monoisotopic (exact) mass is 1000 g/mol. The van der Waals surface area contributed by atoms with E-state index in [-0.39, 0.29) is 0 Å². The summed E-state index contributed by atoms with van der Waals surface area (Å²) in [6, 6.07) is 24.2. The summed E-state index contributed by atoms with van der Waals surface area (Å²) < 4.78 is 57.8. The van der Waals surface area contributed by atoms with Crippen LogP contribution in [0.1, 0.15) is 74.7 Å². The number of aliphatic imine (C=N–C) groups is 1. The number of furan rings is 4. The molecule has 0 atom stereocenters. The molecular weight excluding hydrogens is 945 g/mol. The van der Waals surface area contributed by atoms with Crippen LogP contribution in [-0.4, -0.2) is 55.4 Å². The highest BCUT2D eigenvalue weighted by molar-refractivity contribution is 6.12. The number of hydrogen-bond acceptors (Lipinski definition) is 10. The van der Waals surface area contributed by atoms with Crippen molar-refractivity contribution in [2.45, 2.75) is 88.7 Å². The second-order valence-corrected chi connectivity index (χ2v) is 19.3. The first-order valence-corrected chi connectivity index (χ1v) is 25.9. The van der Waals surface area contributed by atoms with Gasteiger partial charge in [0.15, 0.2) is 0 Å². The van der Waals surface area contributed by atoms with Gasteiger partial charge in [0.1, 0.15) is 23.0 Å². The molecule has 11 aromatic rings. The molecule has 0 unspecified atom stereocenters. The summed E-state index contributed by atoms with van der Waals surface area (Å²) in [5.41, 5.74) is 18.4. The Morgan fingerprint density at radius 2 is 0.907 bits per heavy atom. The van der Waals surface area contributed by atoms with Crippen molar-refractivity contribution in [1.82, 2.24) is 23.3 Å². The van der Waals surface area contributed by atoms with Crippen molar-refractivity contribution in [3.05, 3.63) is 131 Å². The van der Waals surface area contributed by atoms with Crippen molar-refractivity contribution in [2.24, 2.45) is 4.99 Å². The first-order valence-electron chi connectivity index (χ1n) is 25.9. The Morgan fingerprint density at radius 1 is 0.480 bits per heavy atom. The summed E-state index contributed by atoms with van der Waals surface area (Å²) in [7, 11) is 0. The third-order valence-corrected chi connectivity index (χ3v) is 14.2. The summed E-state index contributed by atoms with van der Waals surface area (Å²) in [4.78, 5) is 10.8. The molecule has 0 amide bonds. The van der Waals surface area contributed by atoms with Gasteiger partial charge in [0.25, 0.3) is 23.8 Å². The molecule has 1 aliphatic heterocycles. The highest BCUT2D eigenvalue weighted by atomic mass is 16.6. The van der Waals surface area contributed by atoms with E-state index in [1.54, 1.807) is 0 Å². The third-order valence-electron chi connectivity index (χ3n) is 14.2. The SMILES string of the molecule is CCOc1ccc(-c2cn(-c3c(C)cc(C)c4c3c3c(n4Cn4c5ccc(C)nc5c5c(-n6cc(-c7ccc(OCC)o7)c(-c7ccc(OCC)o7)c6)c(C)cc(C)c54)CCC(C)=N3)cc2-c2ccc(OCC)o2)o1. The number of aryl methyl sites for hydroxylation is 5. The quantitative estimate of drug-likeness (QED) is 0.0927. The van der Waals surface area contributed by atoms with E-state index in [0.717, 1.165) is 119 Å². The third kappa shape index (κ3) is 8.01. The van der Waals surface area contributed by atoms with Gasteiger partial charge in [-0.3, -0.25) is 9.98 Å². The van der Waals surface area contributed by atoms with Crippen LogP contribution in [0.3, 0.4) is 0 Å². The number of nitrogens with zero attached hydrogens (tertiary/aromatic N) is 6. The van der Waals surface area contributed by atoms with Crippen LogP contribution in [-0.2, 0) is 13.1 Å². The minimum absolute atomic E-state index is 0.453. The topological polar surface area (TPSA) is 134 Å². The zero-order chi connectivity index (χ0) is 51.8. The van der Waals surface area contributed by atoms with E-state index in [9.17, 15) is 0 Å². The van der Waals surface area contributed by atoms with Crippen LogP contribution in [0.25, 0.3) is 89.5 Å². The first-order chi connectivity index (χ1) is 36.4. The van der Waals surface area contributed by atoms with Gasteiger partial charge in [-0.1, -0.05) is 12.1 Å².